The average molecular weight is 266 g/mol. The number of hydrogen-bond donors (Lipinski definition) is 1. The summed E-state index contributed by atoms with van der Waals surface area (Å²) in [5, 5.41) is 13.8. The highest BCUT2D eigenvalue weighted by molar-refractivity contribution is 5.75. The minimum atomic E-state index is -0.500. The van der Waals surface area contributed by atoms with Gasteiger partial charge in [0.15, 0.2) is 0 Å². The summed E-state index contributed by atoms with van der Waals surface area (Å²) < 4.78 is 4.86. The fourth-order valence-corrected chi connectivity index (χ4v) is 1.65. The second-order valence-corrected chi connectivity index (χ2v) is 4.24. The molecule has 0 aliphatic heterocycles. The molecule has 6 heteroatoms. The molecule has 1 N–H and O–H groups in total. The lowest BCUT2D eigenvalue weighted by Crippen LogP contribution is -2.35. The molecule has 0 bridgehead atoms. The predicted octanol–water partition coefficient (Wildman–Crippen LogP) is 1.94. The van der Waals surface area contributed by atoms with Crippen LogP contribution in [-0.4, -0.2) is 23.5 Å². The second kappa shape index (κ2) is 6.84. The molecule has 0 amide bonds. The predicted molar refractivity (Wildman–Crippen MR) is 70.8 cm³/mol. The molecule has 1 atom stereocenters. The number of carbonyl (C=O) groups excluding carboxylic acids is 1. The third kappa shape index (κ3) is 4.33. The lowest BCUT2D eigenvalue weighted by molar-refractivity contribution is -0.385. The zero-order valence-corrected chi connectivity index (χ0v) is 11.3. The Bertz CT molecular complexity index is 474. The zero-order chi connectivity index (χ0) is 14.4. The fraction of sp³-hybridized carbons (Fsp3) is 0.462. The molecule has 0 saturated heterocycles. The summed E-state index contributed by atoms with van der Waals surface area (Å²) in [6, 6.07) is 4.40. The van der Waals surface area contributed by atoms with Crippen molar-refractivity contribution in [3.8, 4) is 0 Å². The van der Waals surface area contributed by atoms with E-state index in [-0.39, 0.29) is 18.2 Å². The fourth-order valence-electron chi connectivity index (χ4n) is 1.65. The molecule has 1 rings (SSSR count). The smallest absolute Gasteiger partial charge is 0.322 e. The van der Waals surface area contributed by atoms with Gasteiger partial charge in [0.05, 0.1) is 11.5 Å². The van der Waals surface area contributed by atoms with Gasteiger partial charge in [0, 0.05) is 18.2 Å². The normalized spacial score (nSPS) is 11.9. The van der Waals surface area contributed by atoms with Crippen molar-refractivity contribution in [1.29, 1.82) is 0 Å². The second-order valence-electron chi connectivity index (χ2n) is 4.24. The van der Waals surface area contributed by atoms with Crippen LogP contribution >= 0.6 is 0 Å². The van der Waals surface area contributed by atoms with Gasteiger partial charge in [0.2, 0.25) is 0 Å². The summed E-state index contributed by atoms with van der Waals surface area (Å²) in [4.78, 5) is 21.9. The molecular weight excluding hydrogens is 248 g/mol. The van der Waals surface area contributed by atoms with Crippen molar-refractivity contribution in [2.24, 2.45) is 0 Å². The van der Waals surface area contributed by atoms with Crippen molar-refractivity contribution >= 4 is 11.7 Å². The first-order valence-corrected chi connectivity index (χ1v) is 6.09. The first kappa shape index (κ1) is 15.1. The van der Waals surface area contributed by atoms with Gasteiger partial charge in [-0.3, -0.25) is 14.9 Å². The molecule has 1 aromatic rings. The number of aryl methyl sites for hydroxylation is 1. The highest BCUT2D eigenvalue weighted by Gasteiger charge is 2.17. The molecule has 0 radical (unpaired) electrons. The maximum Gasteiger partial charge on any atom is 0.322 e. The highest BCUT2D eigenvalue weighted by atomic mass is 16.6. The Morgan fingerprint density at radius 3 is 2.79 bits per heavy atom. The van der Waals surface area contributed by atoms with Crippen LogP contribution in [0.2, 0.25) is 0 Å². The Kier molecular flexibility index (Phi) is 5.44. The lowest BCUT2D eigenvalue weighted by atomic mass is 10.1. The number of ether oxygens (including phenoxy) is 1. The Balaban J connectivity index is 2.74. The van der Waals surface area contributed by atoms with Crippen molar-refractivity contribution < 1.29 is 14.5 Å². The van der Waals surface area contributed by atoms with Crippen LogP contribution in [0.15, 0.2) is 18.2 Å². The standard InChI is InChI=1S/C13H18N2O4/c1-4-19-13(16)10(3)14-8-11-7-9(2)5-6-12(11)15(17)18/h5-7,10,14H,4,8H2,1-3H3/t10-/m1/s1. The van der Waals surface area contributed by atoms with Crippen LogP contribution in [-0.2, 0) is 16.1 Å². The van der Waals surface area contributed by atoms with Crippen LogP contribution in [0.1, 0.15) is 25.0 Å². The van der Waals surface area contributed by atoms with Gasteiger partial charge < -0.3 is 10.1 Å². The first-order chi connectivity index (χ1) is 8.95. The van der Waals surface area contributed by atoms with E-state index < -0.39 is 11.0 Å². The third-order valence-electron chi connectivity index (χ3n) is 2.67. The molecule has 0 fully saturated rings. The first-order valence-electron chi connectivity index (χ1n) is 6.09. The Morgan fingerprint density at radius 1 is 1.53 bits per heavy atom. The largest absolute Gasteiger partial charge is 0.465 e. The molecular formula is C13H18N2O4. The number of nitro groups is 1. The van der Waals surface area contributed by atoms with Gasteiger partial charge in [-0.2, -0.15) is 0 Å². The SMILES string of the molecule is CCOC(=O)[C@@H](C)NCc1cc(C)ccc1[N+](=O)[O-]. The number of nitrogens with zero attached hydrogens (tertiary/aromatic N) is 1. The van der Waals surface area contributed by atoms with Crippen LogP contribution in [0.4, 0.5) is 5.69 Å². The molecule has 6 nitrogen and oxygen atoms in total. The molecule has 0 aliphatic carbocycles. The Labute approximate surface area is 111 Å². The average Bonchev–Trinajstić information content (AvgIpc) is 2.35. The van der Waals surface area contributed by atoms with E-state index in [1.807, 2.05) is 6.92 Å². The summed E-state index contributed by atoms with van der Waals surface area (Å²) in [6.07, 6.45) is 0. The highest BCUT2D eigenvalue weighted by Crippen LogP contribution is 2.19. The number of nitrogens with one attached hydrogen (secondary N) is 1. The molecule has 104 valence electrons. The van der Waals surface area contributed by atoms with E-state index in [2.05, 4.69) is 5.32 Å². The maximum atomic E-state index is 11.4. The van der Waals surface area contributed by atoms with Crippen LogP contribution in [0.5, 0.6) is 0 Å². The van der Waals surface area contributed by atoms with Gasteiger partial charge in [0.1, 0.15) is 6.04 Å². The zero-order valence-electron chi connectivity index (χ0n) is 11.3. The van der Waals surface area contributed by atoms with Crippen molar-refractivity contribution in [3.05, 3.63) is 39.4 Å². The Morgan fingerprint density at radius 2 is 2.21 bits per heavy atom. The quantitative estimate of drug-likeness (QED) is 0.483. The van der Waals surface area contributed by atoms with Gasteiger partial charge in [0.25, 0.3) is 5.69 Å². The molecule has 0 unspecified atom stereocenters. The molecule has 1 aromatic carbocycles. The number of hydrogen-bond acceptors (Lipinski definition) is 5. The van der Waals surface area contributed by atoms with Gasteiger partial charge in [-0.1, -0.05) is 11.6 Å². The van der Waals surface area contributed by atoms with E-state index in [0.29, 0.717) is 12.2 Å². The minimum Gasteiger partial charge on any atom is -0.465 e. The number of nitro benzene ring substituents is 1. The third-order valence-corrected chi connectivity index (χ3v) is 2.67. The summed E-state index contributed by atoms with van der Waals surface area (Å²) in [5.74, 6) is -0.363. The molecule has 19 heavy (non-hydrogen) atoms. The van der Waals surface area contributed by atoms with Crippen LogP contribution in [0.3, 0.4) is 0 Å². The van der Waals surface area contributed by atoms with E-state index in [0.717, 1.165) is 5.56 Å². The van der Waals surface area contributed by atoms with E-state index in [9.17, 15) is 14.9 Å². The maximum absolute atomic E-state index is 11.4. The van der Waals surface area contributed by atoms with Crippen LogP contribution < -0.4 is 5.32 Å². The molecule has 0 aliphatic rings. The van der Waals surface area contributed by atoms with E-state index in [1.165, 1.54) is 6.07 Å². The minimum absolute atomic E-state index is 0.0501. The number of rotatable bonds is 6. The summed E-state index contributed by atoms with van der Waals surface area (Å²) in [6.45, 7) is 5.82. The monoisotopic (exact) mass is 266 g/mol. The molecule has 0 aromatic heterocycles. The summed E-state index contributed by atoms with van der Waals surface area (Å²) in [5.41, 5.74) is 1.54. The van der Waals surface area contributed by atoms with E-state index in [1.54, 1.807) is 26.0 Å². The molecule has 0 saturated carbocycles. The van der Waals surface area contributed by atoms with E-state index in [4.69, 9.17) is 4.74 Å². The summed E-state index contributed by atoms with van der Waals surface area (Å²) in [7, 11) is 0. The summed E-state index contributed by atoms with van der Waals surface area (Å²) >= 11 is 0. The molecule has 0 spiro atoms. The van der Waals surface area contributed by atoms with E-state index >= 15 is 0 Å². The van der Waals surface area contributed by atoms with Gasteiger partial charge in [-0.05, 0) is 26.8 Å². The molecule has 0 heterocycles. The number of esters is 1. The lowest BCUT2D eigenvalue weighted by Gasteiger charge is -2.12. The topological polar surface area (TPSA) is 81.5 Å². The van der Waals surface area contributed by atoms with Gasteiger partial charge in [-0.15, -0.1) is 0 Å². The van der Waals surface area contributed by atoms with Gasteiger partial charge >= 0.3 is 5.97 Å². The van der Waals surface area contributed by atoms with Crippen molar-refractivity contribution in [3.63, 3.8) is 0 Å². The number of carbonyl (C=O) groups is 1. The van der Waals surface area contributed by atoms with Crippen molar-refractivity contribution in [2.45, 2.75) is 33.4 Å². The number of benzene rings is 1. The van der Waals surface area contributed by atoms with Crippen LogP contribution in [0, 0.1) is 17.0 Å². The van der Waals surface area contributed by atoms with Crippen LogP contribution in [0.25, 0.3) is 0 Å². The van der Waals surface area contributed by atoms with Crippen molar-refractivity contribution in [2.75, 3.05) is 6.61 Å². The Hall–Kier alpha value is -1.95. The van der Waals surface area contributed by atoms with Gasteiger partial charge in [-0.25, -0.2) is 0 Å². The van der Waals surface area contributed by atoms with Crippen molar-refractivity contribution in [1.82, 2.24) is 5.32 Å².